The fourth-order valence-electron chi connectivity index (χ4n) is 10.2. The summed E-state index contributed by atoms with van der Waals surface area (Å²) in [6.07, 6.45) is 16.6. The van der Waals surface area contributed by atoms with Crippen molar-refractivity contribution in [3.63, 3.8) is 0 Å². The molecule has 2 amide bonds. The maximum Gasteiger partial charge on any atom is 0.305 e. The van der Waals surface area contributed by atoms with Crippen molar-refractivity contribution < 1.29 is 34.2 Å². The van der Waals surface area contributed by atoms with E-state index in [-0.39, 0.29) is 35.7 Å². The number of ether oxygens (including phenoxy) is 1. The topological polar surface area (TPSA) is 147 Å². The van der Waals surface area contributed by atoms with Gasteiger partial charge >= 0.3 is 5.97 Å². The van der Waals surface area contributed by atoms with Crippen LogP contribution in [0.2, 0.25) is 0 Å². The van der Waals surface area contributed by atoms with E-state index in [1.807, 2.05) is 27.7 Å². The van der Waals surface area contributed by atoms with Crippen molar-refractivity contribution in [3.8, 4) is 12.3 Å². The van der Waals surface area contributed by atoms with E-state index in [4.69, 9.17) is 16.0 Å². The van der Waals surface area contributed by atoms with E-state index in [0.29, 0.717) is 43.6 Å². The second-order valence-corrected chi connectivity index (χ2v) is 16.7. The van der Waals surface area contributed by atoms with Gasteiger partial charge < -0.3 is 30.4 Å². The number of carbonyl (C=O) groups is 3. The van der Waals surface area contributed by atoms with Crippen molar-refractivity contribution in [2.75, 3.05) is 13.2 Å². The second kappa shape index (κ2) is 13.8. The third kappa shape index (κ3) is 7.05. The molecule has 10 heteroatoms. The van der Waals surface area contributed by atoms with E-state index in [1.165, 1.54) is 5.57 Å². The molecular formula is C38H57N3O7. The predicted octanol–water partition coefficient (Wildman–Crippen LogP) is 4.99. The maximum absolute atomic E-state index is 13.4. The molecule has 1 aliphatic heterocycles. The van der Waals surface area contributed by atoms with Crippen LogP contribution >= 0.6 is 0 Å². The van der Waals surface area contributed by atoms with E-state index in [9.17, 15) is 24.6 Å². The molecule has 10 nitrogen and oxygen atoms in total. The molecule has 4 N–H and O–H groups in total. The first kappa shape index (κ1) is 36.4. The van der Waals surface area contributed by atoms with E-state index in [1.54, 1.807) is 0 Å². The number of terminal acetylenes is 1. The van der Waals surface area contributed by atoms with Crippen LogP contribution in [0.4, 0.5) is 0 Å². The number of amides is 2. The molecule has 4 fully saturated rings. The summed E-state index contributed by atoms with van der Waals surface area (Å²) >= 11 is 0. The predicted molar refractivity (Wildman–Crippen MR) is 183 cm³/mol. The number of hydrogen-bond donors (Lipinski definition) is 4. The second-order valence-electron chi connectivity index (χ2n) is 16.7. The van der Waals surface area contributed by atoms with Crippen LogP contribution in [0.25, 0.3) is 0 Å². The number of rotatable bonds is 10. The van der Waals surface area contributed by atoms with E-state index in [0.717, 1.165) is 50.7 Å². The molecule has 5 rings (SSSR count). The number of oxime groups is 1. The first-order chi connectivity index (χ1) is 22.5. The number of allylic oxidation sites excluding steroid dienone is 2. The smallest absolute Gasteiger partial charge is 0.305 e. The molecule has 3 saturated carbocycles. The summed E-state index contributed by atoms with van der Waals surface area (Å²) in [4.78, 5) is 43.5. The Kier molecular flexibility index (Phi) is 10.4. The molecule has 1 saturated heterocycles. The minimum atomic E-state index is -1.00. The summed E-state index contributed by atoms with van der Waals surface area (Å²) < 4.78 is 5.80. The Morgan fingerprint density at radius 2 is 1.79 bits per heavy atom. The third-order valence-corrected chi connectivity index (χ3v) is 13.0. The number of carboxylic acids is 1. The summed E-state index contributed by atoms with van der Waals surface area (Å²) in [5.41, 5.74) is 0.689. The highest BCUT2D eigenvalue weighted by atomic mass is 16.6. The van der Waals surface area contributed by atoms with Gasteiger partial charge in [0.2, 0.25) is 5.91 Å². The highest BCUT2D eigenvalue weighted by Gasteiger charge is 2.63. The molecular weight excluding hydrogens is 610 g/mol. The molecule has 0 aromatic carbocycles. The van der Waals surface area contributed by atoms with Crippen LogP contribution in [0.5, 0.6) is 0 Å². The Morgan fingerprint density at radius 3 is 2.46 bits per heavy atom. The Balaban J connectivity index is 1.17. The van der Waals surface area contributed by atoms with Crippen LogP contribution in [0, 0.1) is 52.8 Å². The Hall–Kier alpha value is -2.90. The van der Waals surface area contributed by atoms with Gasteiger partial charge in [0, 0.05) is 18.1 Å². The summed E-state index contributed by atoms with van der Waals surface area (Å²) in [5.74, 6) is 2.19. The van der Waals surface area contributed by atoms with Gasteiger partial charge in [-0.1, -0.05) is 44.3 Å². The number of aliphatic carboxylic acids is 1. The SMILES string of the molecule is C#C[C@@]1(O)CC[C@H]2[C@@H]3CCC4=C/C(=N/OCC(=O)N[C@@H](C(=O)N[C@@H](CC(=O)O)[C@@H]5CCOC(C)(C)C5)C(C)C)CC[C@]4(C)[C@H]3CC[C@@]21C. The third-order valence-electron chi connectivity index (χ3n) is 13.0. The van der Waals surface area contributed by atoms with Crippen molar-refractivity contribution in [2.24, 2.45) is 45.6 Å². The van der Waals surface area contributed by atoms with Crippen LogP contribution in [0.15, 0.2) is 16.8 Å². The fraction of sp³-hybridized carbons (Fsp3) is 0.789. The van der Waals surface area contributed by atoms with Crippen LogP contribution in [-0.4, -0.2) is 70.2 Å². The fourth-order valence-corrected chi connectivity index (χ4v) is 10.2. The lowest BCUT2D eigenvalue weighted by molar-refractivity contribution is -0.140. The zero-order valence-corrected chi connectivity index (χ0v) is 29.8. The number of carbonyl (C=O) groups excluding carboxylic acids is 2. The van der Waals surface area contributed by atoms with Gasteiger partial charge in [0.25, 0.3) is 5.91 Å². The van der Waals surface area contributed by atoms with Gasteiger partial charge in [0.15, 0.2) is 6.61 Å². The highest BCUT2D eigenvalue weighted by Crippen LogP contribution is 2.67. The van der Waals surface area contributed by atoms with Gasteiger partial charge in [-0.15, -0.1) is 6.42 Å². The summed E-state index contributed by atoms with van der Waals surface area (Å²) in [7, 11) is 0. The maximum atomic E-state index is 13.4. The van der Waals surface area contributed by atoms with Gasteiger partial charge in [-0.05, 0) is 119 Å². The normalized spacial score (nSPS) is 37.6. The van der Waals surface area contributed by atoms with E-state index < -0.39 is 41.1 Å². The molecule has 5 aliphatic rings. The van der Waals surface area contributed by atoms with Crippen molar-refractivity contribution in [3.05, 3.63) is 11.6 Å². The van der Waals surface area contributed by atoms with Crippen LogP contribution < -0.4 is 10.6 Å². The molecule has 266 valence electrons. The summed E-state index contributed by atoms with van der Waals surface area (Å²) in [6, 6.07) is -1.42. The monoisotopic (exact) mass is 667 g/mol. The minimum Gasteiger partial charge on any atom is -0.481 e. The quantitative estimate of drug-likeness (QED) is 0.190. The lowest BCUT2D eigenvalue weighted by atomic mass is 9.46. The Bertz CT molecular complexity index is 1370. The van der Waals surface area contributed by atoms with Gasteiger partial charge in [0.1, 0.15) is 11.6 Å². The summed E-state index contributed by atoms with van der Waals surface area (Å²) in [6.45, 7) is 12.4. The molecule has 0 bridgehead atoms. The molecule has 0 spiro atoms. The highest BCUT2D eigenvalue weighted by molar-refractivity contribution is 5.96. The van der Waals surface area contributed by atoms with Crippen molar-refractivity contribution >= 4 is 23.5 Å². The van der Waals surface area contributed by atoms with Gasteiger partial charge in [-0.2, -0.15) is 0 Å². The minimum absolute atomic E-state index is 0.0486. The average molecular weight is 668 g/mol. The van der Waals surface area contributed by atoms with Crippen molar-refractivity contribution in [1.29, 1.82) is 0 Å². The molecule has 0 aromatic heterocycles. The van der Waals surface area contributed by atoms with E-state index >= 15 is 0 Å². The number of aliphatic hydroxyl groups is 1. The van der Waals surface area contributed by atoms with Crippen LogP contribution in [0.3, 0.4) is 0 Å². The average Bonchev–Trinajstić information content (AvgIpc) is 3.29. The van der Waals surface area contributed by atoms with Crippen molar-refractivity contribution in [2.45, 2.75) is 135 Å². The molecule has 48 heavy (non-hydrogen) atoms. The molecule has 0 radical (unpaired) electrons. The zero-order chi connectivity index (χ0) is 35.1. The summed E-state index contributed by atoms with van der Waals surface area (Å²) in [5, 5.41) is 30.9. The van der Waals surface area contributed by atoms with E-state index in [2.05, 4.69) is 41.6 Å². The lowest BCUT2D eigenvalue weighted by Gasteiger charge is -2.58. The zero-order valence-electron chi connectivity index (χ0n) is 29.8. The Labute approximate surface area is 286 Å². The molecule has 4 aliphatic carbocycles. The first-order valence-corrected chi connectivity index (χ1v) is 18.1. The van der Waals surface area contributed by atoms with Gasteiger partial charge in [0.05, 0.1) is 17.7 Å². The largest absolute Gasteiger partial charge is 0.481 e. The van der Waals surface area contributed by atoms with Crippen LogP contribution in [0.1, 0.15) is 112 Å². The molecule has 9 atom stereocenters. The number of fused-ring (bicyclic) bond motifs is 5. The number of nitrogens with one attached hydrogen (secondary N) is 2. The molecule has 0 unspecified atom stereocenters. The van der Waals surface area contributed by atoms with Crippen molar-refractivity contribution in [1.82, 2.24) is 10.6 Å². The first-order valence-electron chi connectivity index (χ1n) is 18.1. The number of nitrogens with zero attached hydrogens (tertiary/aromatic N) is 1. The molecule has 1 heterocycles. The number of carboxylic acid groups (broad SMARTS) is 1. The Morgan fingerprint density at radius 1 is 1.06 bits per heavy atom. The standard InChI is InChI=1S/C38H57N3O7/c1-8-38(46)17-13-29-27-10-9-25-19-26(11-15-36(25,6)28(27)12-16-37(29,38)7)41-48-22-31(42)40-33(23(2)3)34(45)39-30(20-32(43)44)24-14-18-47-35(4,5)21-24/h1,19,23-24,27-30,33,46H,9-18,20-22H2,2-7H3,(H,39,45)(H,40,42)(H,43,44)/b41-26+/t24-,27-,28+,29+,30+,33-,36+,37+,38-/m1/s1. The van der Waals surface area contributed by atoms with Crippen LogP contribution in [-0.2, 0) is 24.0 Å². The number of hydrogen-bond acceptors (Lipinski definition) is 7. The van der Waals surface area contributed by atoms with Gasteiger partial charge in [-0.25, -0.2) is 0 Å². The van der Waals surface area contributed by atoms with Gasteiger partial charge in [-0.3, -0.25) is 14.4 Å². The lowest BCUT2D eigenvalue weighted by Crippen LogP contribution is -2.55. The molecule has 0 aromatic rings.